The molecule has 0 saturated carbocycles. The van der Waals surface area contributed by atoms with Crippen LogP contribution in [0, 0.1) is 13.8 Å². The van der Waals surface area contributed by atoms with Gasteiger partial charge in [-0.15, -0.1) is 0 Å². The van der Waals surface area contributed by atoms with Gasteiger partial charge in [-0.25, -0.2) is 9.69 Å². The average molecular weight is 600 g/mol. The summed E-state index contributed by atoms with van der Waals surface area (Å²) in [5.74, 6) is -0.226. The summed E-state index contributed by atoms with van der Waals surface area (Å²) in [6, 6.07) is 14.8. The molecular formula is C28H24BrClN2O6. The summed E-state index contributed by atoms with van der Waals surface area (Å²) in [5, 5.41) is 2.41. The zero-order valence-electron chi connectivity index (χ0n) is 20.8. The number of amides is 4. The highest BCUT2D eigenvalue weighted by molar-refractivity contribution is 9.10. The molecule has 1 heterocycles. The van der Waals surface area contributed by atoms with E-state index in [4.69, 9.17) is 25.8 Å². The Morgan fingerprint density at radius 1 is 0.947 bits per heavy atom. The molecule has 0 unspecified atom stereocenters. The summed E-state index contributed by atoms with van der Waals surface area (Å²) in [4.78, 5) is 39.0. The number of imide groups is 2. The summed E-state index contributed by atoms with van der Waals surface area (Å²) in [6.07, 6.45) is 1.34. The number of hydrogen-bond donors (Lipinski definition) is 1. The van der Waals surface area contributed by atoms with E-state index in [0.29, 0.717) is 22.7 Å². The molecule has 1 fully saturated rings. The van der Waals surface area contributed by atoms with Crippen LogP contribution in [0.3, 0.4) is 0 Å². The van der Waals surface area contributed by atoms with Gasteiger partial charge in [-0.05, 0) is 85.1 Å². The van der Waals surface area contributed by atoms with E-state index < -0.39 is 17.8 Å². The van der Waals surface area contributed by atoms with Crippen molar-refractivity contribution in [2.24, 2.45) is 0 Å². The number of nitrogens with zero attached hydrogens (tertiary/aromatic N) is 1. The normalized spacial score (nSPS) is 14.5. The number of barbiturate groups is 1. The maximum absolute atomic E-state index is 13.1. The van der Waals surface area contributed by atoms with Gasteiger partial charge in [0, 0.05) is 4.47 Å². The van der Waals surface area contributed by atoms with Crippen LogP contribution < -0.4 is 24.4 Å². The molecule has 1 aliphatic heterocycles. The highest BCUT2D eigenvalue weighted by Crippen LogP contribution is 2.37. The Morgan fingerprint density at radius 3 is 2.26 bits per heavy atom. The molecule has 8 nitrogen and oxygen atoms in total. The van der Waals surface area contributed by atoms with E-state index in [0.717, 1.165) is 26.2 Å². The van der Waals surface area contributed by atoms with Gasteiger partial charge in [-0.1, -0.05) is 33.6 Å². The Kier molecular flexibility index (Phi) is 8.38. The van der Waals surface area contributed by atoms with Crippen LogP contribution in [0.25, 0.3) is 6.08 Å². The predicted molar refractivity (Wildman–Crippen MR) is 148 cm³/mol. The SMILES string of the molecule is COc1cc(/C=C2/C(=O)NC(=O)N(c3ccc(Br)cc3)C2=O)cc(Cl)c1OCCOc1cc(C)cc(C)c1. The van der Waals surface area contributed by atoms with Crippen molar-refractivity contribution < 1.29 is 28.6 Å². The standard InChI is InChI=1S/C28H24BrClN2O6/c1-16-10-17(2)12-21(11-16)37-8-9-38-25-23(30)14-18(15-24(25)36-3)13-22-26(33)31-28(35)32(27(22)34)20-6-4-19(29)5-7-20/h4-7,10-15H,8-9H2,1-3H3,(H,31,33,35)/b22-13-. The van der Waals surface area contributed by atoms with E-state index in [1.165, 1.54) is 19.3 Å². The summed E-state index contributed by atoms with van der Waals surface area (Å²) in [7, 11) is 1.45. The summed E-state index contributed by atoms with van der Waals surface area (Å²) >= 11 is 9.79. The predicted octanol–water partition coefficient (Wildman–Crippen LogP) is 5.85. The van der Waals surface area contributed by atoms with Crippen molar-refractivity contribution in [1.29, 1.82) is 0 Å². The fourth-order valence-corrected chi connectivity index (χ4v) is 4.47. The Balaban J connectivity index is 1.52. The second-order valence-corrected chi connectivity index (χ2v) is 9.81. The molecular weight excluding hydrogens is 576 g/mol. The lowest BCUT2D eigenvalue weighted by Gasteiger charge is -2.26. The van der Waals surface area contributed by atoms with Crippen LogP contribution in [-0.2, 0) is 9.59 Å². The molecule has 4 amide bonds. The minimum absolute atomic E-state index is 0.203. The number of ether oxygens (including phenoxy) is 3. The molecule has 1 saturated heterocycles. The minimum Gasteiger partial charge on any atom is -0.493 e. The first-order valence-electron chi connectivity index (χ1n) is 11.5. The van der Waals surface area contributed by atoms with E-state index in [-0.39, 0.29) is 23.8 Å². The van der Waals surface area contributed by atoms with Crippen molar-refractivity contribution in [3.8, 4) is 17.2 Å². The number of aryl methyl sites for hydroxylation is 2. The number of carbonyl (C=O) groups excluding carboxylic acids is 3. The molecule has 0 aliphatic carbocycles. The van der Waals surface area contributed by atoms with Gasteiger partial charge in [0.25, 0.3) is 11.8 Å². The van der Waals surface area contributed by atoms with E-state index in [1.54, 1.807) is 30.3 Å². The highest BCUT2D eigenvalue weighted by Gasteiger charge is 2.36. The fourth-order valence-electron chi connectivity index (χ4n) is 3.93. The molecule has 10 heteroatoms. The summed E-state index contributed by atoms with van der Waals surface area (Å²) in [5.41, 5.74) is 2.70. The third-order valence-corrected chi connectivity index (χ3v) is 6.35. The molecule has 4 rings (SSSR count). The number of hydrogen-bond acceptors (Lipinski definition) is 6. The van der Waals surface area contributed by atoms with Crippen LogP contribution in [0.5, 0.6) is 17.2 Å². The first-order chi connectivity index (χ1) is 18.2. The molecule has 0 atom stereocenters. The molecule has 0 bridgehead atoms. The smallest absolute Gasteiger partial charge is 0.335 e. The van der Waals surface area contributed by atoms with Gasteiger partial charge < -0.3 is 14.2 Å². The van der Waals surface area contributed by atoms with Crippen molar-refractivity contribution in [3.05, 3.63) is 86.4 Å². The van der Waals surface area contributed by atoms with Crippen LogP contribution in [0.1, 0.15) is 16.7 Å². The second kappa shape index (κ2) is 11.7. The summed E-state index contributed by atoms with van der Waals surface area (Å²) in [6.45, 7) is 4.48. The van der Waals surface area contributed by atoms with E-state index in [2.05, 4.69) is 27.3 Å². The Hall–Kier alpha value is -3.82. The minimum atomic E-state index is -0.832. The van der Waals surface area contributed by atoms with Gasteiger partial charge in [-0.2, -0.15) is 0 Å². The molecule has 38 heavy (non-hydrogen) atoms. The van der Waals surface area contributed by atoms with Gasteiger partial charge in [0.1, 0.15) is 24.5 Å². The van der Waals surface area contributed by atoms with Gasteiger partial charge in [0.15, 0.2) is 11.5 Å². The third kappa shape index (κ3) is 6.17. The summed E-state index contributed by atoms with van der Waals surface area (Å²) < 4.78 is 17.8. The Morgan fingerprint density at radius 2 is 1.61 bits per heavy atom. The van der Waals surface area contributed by atoms with Crippen LogP contribution in [0.2, 0.25) is 5.02 Å². The first-order valence-corrected chi connectivity index (χ1v) is 12.7. The van der Waals surface area contributed by atoms with Crippen molar-refractivity contribution >= 4 is 57.1 Å². The quantitative estimate of drug-likeness (QED) is 0.198. The van der Waals surface area contributed by atoms with E-state index >= 15 is 0 Å². The van der Waals surface area contributed by atoms with Gasteiger partial charge >= 0.3 is 6.03 Å². The van der Waals surface area contributed by atoms with Crippen LogP contribution in [-0.4, -0.2) is 38.2 Å². The van der Waals surface area contributed by atoms with E-state index in [1.807, 2.05) is 26.0 Å². The Bertz CT molecular complexity index is 1420. The second-order valence-electron chi connectivity index (χ2n) is 8.49. The molecule has 0 aromatic heterocycles. The molecule has 1 N–H and O–H groups in total. The van der Waals surface area contributed by atoms with E-state index in [9.17, 15) is 14.4 Å². The zero-order valence-corrected chi connectivity index (χ0v) is 23.2. The van der Waals surface area contributed by atoms with Gasteiger partial charge in [0.2, 0.25) is 0 Å². The van der Waals surface area contributed by atoms with Crippen molar-refractivity contribution in [1.82, 2.24) is 5.32 Å². The lowest BCUT2D eigenvalue weighted by molar-refractivity contribution is -0.122. The lowest BCUT2D eigenvalue weighted by Crippen LogP contribution is -2.54. The topological polar surface area (TPSA) is 94.2 Å². The van der Waals surface area contributed by atoms with Crippen LogP contribution >= 0.6 is 27.5 Å². The van der Waals surface area contributed by atoms with Crippen molar-refractivity contribution in [2.75, 3.05) is 25.2 Å². The van der Waals surface area contributed by atoms with Gasteiger partial charge in [0.05, 0.1) is 17.8 Å². The average Bonchev–Trinajstić information content (AvgIpc) is 2.85. The zero-order chi connectivity index (χ0) is 27.4. The van der Waals surface area contributed by atoms with Gasteiger partial charge in [-0.3, -0.25) is 14.9 Å². The molecule has 3 aromatic rings. The van der Waals surface area contributed by atoms with Crippen LogP contribution in [0.15, 0.2) is 64.6 Å². The number of rotatable bonds is 8. The monoisotopic (exact) mass is 598 g/mol. The highest BCUT2D eigenvalue weighted by atomic mass is 79.9. The number of carbonyl (C=O) groups is 3. The third-order valence-electron chi connectivity index (χ3n) is 5.54. The number of anilines is 1. The molecule has 0 radical (unpaired) electrons. The van der Waals surface area contributed by atoms with Crippen LogP contribution in [0.4, 0.5) is 10.5 Å². The number of urea groups is 1. The molecule has 196 valence electrons. The number of benzene rings is 3. The van der Waals surface area contributed by atoms with Crippen molar-refractivity contribution in [3.63, 3.8) is 0 Å². The maximum atomic E-state index is 13.1. The maximum Gasteiger partial charge on any atom is 0.335 e. The van der Waals surface area contributed by atoms with Crippen molar-refractivity contribution in [2.45, 2.75) is 13.8 Å². The molecule has 1 aliphatic rings. The Labute approximate surface area is 233 Å². The first kappa shape index (κ1) is 27.2. The largest absolute Gasteiger partial charge is 0.493 e. The molecule has 0 spiro atoms. The number of methoxy groups -OCH3 is 1. The number of halogens is 2. The fraction of sp³-hybridized carbons (Fsp3) is 0.179. The lowest BCUT2D eigenvalue weighted by atomic mass is 10.1. The number of nitrogens with one attached hydrogen (secondary N) is 1. The molecule has 3 aromatic carbocycles.